The molecule has 0 atom stereocenters. The van der Waals surface area contributed by atoms with E-state index in [1.165, 1.54) is 0 Å². The summed E-state index contributed by atoms with van der Waals surface area (Å²) in [6, 6.07) is 17.5. The maximum Gasteiger partial charge on any atom is 0.183 e. The summed E-state index contributed by atoms with van der Waals surface area (Å²) in [6.45, 7) is 0. The minimum absolute atomic E-state index is 0.0177. The van der Waals surface area contributed by atoms with Crippen LogP contribution in [0.15, 0.2) is 79.4 Å². The van der Waals surface area contributed by atoms with E-state index in [0.29, 0.717) is 17.3 Å². The number of fused-ring (bicyclic) bond motifs is 2. The van der Waals surface area contributed by atoms with E-state index in [2.05, 4.69) is 30.5 Å². The molecule has 4 aromatic heterocycles. The van der Waals surface area contributed by atoms with Crippen LogP contribution in [0.3, 0.4) is 0 Å². The fourth-order valence-electron chi connectivity index (χ4n) is 4.39. The van der Waals surface area contributed by atoms with Crippen molar-refractivity contribution in [3.8, 4) is 11.4 Å². The van der Waals surface area contributed by atoms with E-state index in [4.69, 9.17) is 4.98 Å². The predicted molar refractivity (Wildman–Crippen MR) is 145 cm³/mol. The molecule has 0 aliphatic carbocycles. The average Bonchev–Trinajstić information content (AvgIpc) is 3.55. The van der Waals surface area contributed by atoms with Gasteiger partial charge in [-0.1, -0.05) is 12.1 Å². The van der Waals surface area contributed by atoms with Crippen LogP contribution in [0.1, 0.15) is 16.1 Å². The van der Waals surface area contributed by atoms with Gasteiger partial charge in [-0.05, 0) is 48.0 Å². The number of ketones is 1. The molecule has 0 amide bonds. The van der Waals surface area contributed by atoms with Crippen LogP contribution in [0.25, 0.3) is 33.2 Å². The zero-order valence-corrected chi connectivity index (χ0v) is 20.4. The zero-order chi connectivity index (χ0) is 25.4. The molecular weight excluding hydrogens is 464 g/mol. The van der Waals surface area contributed by atoms with E-state index >= 15 is 0 Å². The maximum absolute atomic E-state index is 13.1. The monoisotopic (exact) mass is 488 g/mol. The molecular formula is C28H24N8O. The van der Waals surface area contributed by atoms with Gasteiger partial charge in [0.05, 0.1) is 29.3 Å². The van der Waals surface area contributed by atoms with Crippen LogP contribution < -0.4 is 10.2 Å². The molecule has 0 aliphatic rings. The summed E-state index contributed by atoms with van der Waals surface area (Å²) in [5, 5.41) is 12.3. The smallest absolute Gasteiger partial charge is 0.183 e. The van der Waals surface area contributed by atoms with Crippen molar-refractivity contribution in [2.45, 2.75) is 6.42 Å². The predicted octanol–water partition coefficient (Wildman–Crippen LogP) is 5.13. The number of nitrogens with one attached hydrogen (secondary N) is 3. The number of aromatic nitrogens is 6. The van der Waals surface area contributed by atoms with Crippen LogP contribution in [-0.4, -0.2) is 50.0 Å². The number of H-pyrrole nitrogens is 2. The van der Waals surface area contributed by atoms with Crippen LogP contribution in [-0.2, 0) is 6.42 Å². The summed E-state index contributed by atoms with van der Waals surface area (Å²) < 4.78 is 0. The van der Waals surface area contributed by atoms with Crippen molar-refractivity contribution in [3.63, 3.8) is 0 Å². The number of carbonyl (C=O) groups is 1. The van der Waals surface area contributed by atoms with Gasteiger partial charge in [0.15, 0.2) is 11.6 Å². The van der Waals surface area contributed by atoms with Crippen molar-refractivity contribution < 1.29 is 4.79 Å². The number of rotatable bonds is 7. The number of aromatic amines is 2. The number of carbonyl (C=O) groups excluding carboxylic acids is 1. The lowest BCUT2D eigenvalue weighted by atomic mass is 10.1. The Bertz CT molecular complexity index is 1750. The highest BCUT2D eigenvalue weighted by Gasteiger charge is 2.15. The molecule has 0 spiro atoms. The Hall–Kier alpha value is -5.05. The summed E-state index contributed by atoms with van der Waals surface area (Å²) in [7, 11) is 3.89. The Labute approximate surface area is 212 Å². The van der Waals surface area contributed by atoms with Crippen LogP contribution in [0.2, 0.25) is 0 Å². The van der Waals surface area contributed by atoms with Crippen molar-refractivity contribution in [1.82, 2.24) is 30.1 Å². The summed E-state index contributed by atoms with van der Waals surface area (Å²) in [4.78, 5) is 31.7. The van der Waals surface area contributed by atoms with Gasteiger partial charge in [-0.25, -0.2) is 9.97 Å². The molecule has 0 bridgehead atoms. The molecule has 9 heteroatoms. The van der Waals surface area contributed by atoms with Crippen molar-refractivity contribution in [3.05, 3.63) is 90.6 Å². The van der Waals surface area contributed by atoms with Gasteiger partial charge in [0, 0.05) is 60.4 Å². The first-order valence-corrected chi connectivity index (χ1v) is 11.8. The molecule has 0 aliphatic heterocycles. The second kappa shape index (κ2) is 9.19. The lowest BCUT2D eigenvalue weighted by Crippen LogP contribution is -2.14. The Balaban J connectivity index is 1.24. The number of hydrogen-bond donors (Lipinski definition) is 3. The zero-order valence-electron chi connectivity index (χ0n) is 20.4. The largest absolute Gasteiger partial charge is 0.376 e. The molecule has 9 nitrogen and oxygen atoms in total. The topological polar surface area (TPSA) is 115 Å². The molecule has 0 radical (unpaired) electrons. The number of benzene rings is 2. The molecule has 3 N–H and O–H groups in total. The van der Waals surface area contributed by atoms with Crippen molar-refractivity contribution in [2.75, 3.05) is 24.3 Å². The molecule has 37 heavy (non-hydrogen) atoms. The van der Waals surface area contributed by atoms with Gasteiger partial charge in [0.1, 0.15) is 5.82 Å². The second-order valence-corrected chi connectivity index (χ2v) is 9.05. The number of anilines is 3. The SMILES string of the molecule is CN(C)c1cnccc1CC(=O)c1cc2ccc(-c3nccc(Nc4ccc5[nH]ncc5c4)n3)cc2[nH]1. The Morgan fingerprint density at radius 1 is 0.946 bits per heavy atom. The minimum Gasteiger partial charge on any atom is -0.376 e. The standard InChI is InChI=1S/C28H24N8O/c1-36(2)25-16-29-9-7-18(25)14-26(37)24-12-17-3-4-19(13-23(17)33-24)28-30-10-8-27(34-28)32-21-5-6-22-20(11-21)15-31-35-22/h3-13,15-16,33H,14H2,1-2H3,(H,31,35)(H,30,32,34). The Kier molecular flexibility index (Phi) is 5.57. The van der Waals surface area contributed by atoms with Gasteiger partial charge in [-0.2, -0.15) is 5.10 Å². The molecule has 0 saturated heterocycles. The maximum atomic E-state index is 13.1. The first-order chi connectivity index (χ1) is 18.0. The second-order valence-electron chi connectivity index (χ2n) is 9.05. The van der Waals surface area contributed by atoms with Gasteiger partial charge >= 0.3 is 0 Å². The van der Waals surface area contributed by atoms with Crippen LogP contribution in [0.5, 0.6) is 0 Å². The summed E-state index contributed by atoms with van der Waals surface area (Å²) >= 11 is 0. The summed E-state index contributed by atoms with van der Waals surface area (Å²) in [5.41, 5.74) is 6.04. The Morgan fingerprint density at radius 2 is 1.86 bits per heavy atom. The molecule has 0 unspecified atom stereocenters. The molecule has 6 rings (SSSR count). The third-order valence-corrected chi connectivity index (χ3v) is 6.27. The fraction of sp³-hybridized carbons (Fsp3) is 0.107. The van der Waals surface area contributed by atoms with Crippen LogP contribution >= 0.6 is 0 Å². The fourth-order valence-corrected chi connectivity index (χ4v) is 4.39. The lowest BCUT2D eigenvalue weighted by Gasteiger charge is -2.15. The summed E-state index contributed by atoms with van der Waals surface area (Å²) in [5.74, 6) is 1.29. The van der Waals surface area contributed by atoms with Gasteiger partial charge in [0.25, 0.3) is 0 Å². The molecule has 0 fully saturated rings. The van der Waals surface area contributed by atoms with Gasteiger partial charge in [-0.15, -0.1) is 0 Å². The van der Waals surface area contributed by atoms with Crippen LogP contribution in [0, 0.1) is 0 Å². The number of nitrogens with zero attached hydrogens (tertiary/aromatic N) is 5. The first kappa shape index (κ1) is 22.4. The number of Topliss-reactive ketones (excluding diaryl/α,β-unsaturated/α-hetero) is 1. The first-order valence-electron chi connectivity index (χ1n) is 11.8. The van der Waals surface area contributed by atoms with Crippen molar-refractivity contribution >= 4 is 44.8 Å². The van der Waals surface area contributed by atoms with Gasteiger partial charge < -0.3 is 15.2 Å². The average molecular weight is 489 g/mol. The third kappa shape index (κ3) is 4.50. The number of pyridine rings is 1. The highest BCUT2D eigenvalue weighted by atomic mass is 16.1. The third-order valence-electron chi connectivity index (χ3n) is 6.27. The highest BCUT2D eigenvalue weighted by molar-refractivity contribution is 6.01. The highest BCUT2D eigenvalue weighted by Crippen LogP contribution is 2.26. The molecule has 4 heterocycles. The van der Waals surface area contributed by atoms with Crippen LogP contribution in [0.4, 0.5) is 17.2 Å². The molecule has 0 saturated carbocycles. The molecule has 182 valence electrons. The molecule has 6 aromatic rings. The van der Waals surface area contributed by atoms with E-state index < -0.39 is 0 Å². The Morgan fingerprint density at radius 3 is 2.76 bits per heavy atom. The van der Waals surface area contributed by atoms with Crippen molar-refractivity contribution in [1.29, 1.82) is 0 Å². The summed E-state index contributed by atoms with van der Waals surface area (Å²) in [6.07, 6.45) is 7.29. The minimum atomic E-state index is 0.0177. The lowest BCUT2D eigenvalue weighted by molar-refractivity contribution is 0.0989. The van der Waals surface area contributed by atoms with E-state index in [9.17, 15) is 4.79 Å². The van der Waals surface area contributed by atoms with Gasteiger partial charge in [0.2, 0.25) is 0 Å². The quantitative estimate of drug-likeness (QED) is 0.267. The van der Waals surface area contributed by atoms with E-state index in [-0.39, 0.29) is 12.2 Å². The normalized spacial score (nSPS) is 11.2. The van der Waals surface area contributed by atoms with Crippen molar-refractivity contribution in [2.24, 2.45) is 0 Å². The van der Waals surface area contributed by atoms with E-state index in [1.54, 1.807) is 24.8 Å². The van der Waals surface area contributed by atoms with Gasteiger partial charge in [-0.3, -0.25) is 14.9 Å². The van der Waals surface area contributed by atoms with E-state index in [1.807, 2.05) is 73.6 Å². The van der Waals surface area contributed by atoms with E-state index in [0.717, 1.165) is 44.3 Å². The number of hydrogen-bond acceptors (Lipinski definition) is 7. The molecule has 2 aromatic carbocycles.